The molecule has 21 heavy (non-hydrogen) atoms. The van der Waals surface area contributed by atoms with Crippen molar-refractivity contribution in [2.75, 3.05) is 0 Å². The van der Waals surface area contributed by atoms with E-state index in [1.54, 1.807) is 32.9 Å². The van der Waals surface area contributed by atoms with E-state index in [2.05, 4.69) is 0 Å². The number of hydrogen-bond donors (Lipinski definition) is 0. The smallest absolute Gasteiger partial charge is 0.326 e. The first-order valence-corrected chi connectivity index (χ1v) is 7.17. The summed E-state index contributed by atoms with van der Waals surface area (Å²) < 4.78 is 10.8. The predicted octanol–water partition coefficient (Wildman–Crippen LogP) is 3.32. The molecule has 1 aliphatic heterocycles. The van der Waals surface area contributed by atoms with Crippen molar-refractivity contribution in [2.45, 2.75) is 39.4 Å². The molecule has 0 N–H and O–H groups in total. The van der Waals surface area contributed by atoms with Gasteiger partial charge in [-0.05, 0) is 24.5 Å². The van der Waals surface area contributed by atoms with Crippen molar-refractivity contribution < 1.29 is 19.1 Å². The minimum absolute atomic E-state index is 0.375. The lowest BCUT2D eigenvalue weighted by Crippen LogP contribution is -2.53. The summed E-state index contributed by atoms with van der Waals surface area (Å²) in [5.41, 5.74) is -0.228. The Morgan fingerprint density at radius 3 is 2.00 bits per heavy atom. The van der Waals surface area contributed by atoms with Crippen LogP contribution in [0.3, 0.4) is 0 Å². The molecule has 1 heterocycles. The molecular weight excluding hydrogens is 268 g/mol. The van der Waals surface area contributed by atoms with Gasteiger partial charge in [-0.15, -0.1) is 0 Å². The average molecular weight is 288 g/mol. The third-order valence-corrected chi connectivity index (χ3v) is 3.96. The lowest BCUT2D eigenvalue weighted by molar-refractivity contribution is -0.242. The molecular formula is C17H20O4. The first-order valence-electron chi connectivity index (χ1n) is 7.17. The summed E-state index contributed by atoms with van der Waals surface area (Å²) in [6.07, 6.45) is 4.11. The summed E-state index contributed by atoms with van der Waals surface area (Å²) in [6, 6.07) is 9.54. The Morgan fingerprint density at radius 2 is 1.52 bits per heavy atom. The van der Waals surface area contributed by atoms with E-state index in [0.29, 0.717) is 12.8 Å². The number of ether oxygens (including phenoxy) is 2. The van der Waals surface area contributed by atoms with Crippen molar-refractivity contribution >= 4 is 18.0 Å². The van der Waals surface area contributed by atoms with Gasteiger partial charge in [0.15, 0.2) is 5.41 Å². The minimum atomic E-state index is -1.35. The minimum Gasteiger partial charge on any atom is -0.418 e. The van der Waals surface area contributed by atoms with Crippen molar-refractivity contribution in [3.63, 3.8) is 0 Å². The number of esters is 2. The fourth-order valence-corrected chi connectivity index (χ4v) is 2.37. The second kappa shape index (κ2) is 5.72. The van der Waals surface area contributed by atoms with Gasteiger partial charge in [0.2, 0.25) is 0 Å². The molecule has 0 unspecified atom stereocenters. The second-order valence-corrected chi connectivity index (χ2v) is 5.33. The highest BCUT2D eigenvalue weighted by Gasteiger charge is 2.54. The van der Waals surface area contributed by atoms with Gasteiger partial charge in [0, 0.05) is 6.92 Å². The van der Waals surface area contributed by atoms with Gasteiger partial charge in [0.05, 0.1) is 0 Å². The van der Waals surface area contributed by atoms with Crippen molar-refractivity contribution in [2.24, 2.45) is 5.41 Å². The molecule has 2 rings (SSSR count). The van der Waals surface area contributed by atoms with Crippen LogP contribution in [0, 0.1) is 5.41 Å². The molecule has 0 aliphatic carbocycles. The van der Waals surface area contributed by atoms with Crippen LogP contribution in [-0.4, -0.2) is 17.7 Å². The fourth-order valence-electron chi connectivity index (χ4n) is 2.37. The van der Waals surface area contributed by atoms with Crippen LogP contribution in [-0.2, 0) is 19.1 Å². The molecule has 4 nitrogen and oxygen atoms in total. The maximum absolute atomic E-state index is 12.3. The molecule has 0 amide bonds. The summed E-state index contributed by atoms with van der Waals surface area (Å²) in [5.74, 6) is -2.37. The zero-order valence-corrected chi connectivity index (χ0v) is 12.6. The molecule has 0 atom stereocenters. The molecule has 1 saturated heterocycles. The van der Waals surface area contributed by atoms with E-state index in [1.165, 1.54) is 0 Å². The highest BCUT2D eigenvalue weighted by Crippen LogP contribution is 2.38. The van der Waals surface area contributed by atoms with E-state index in [-0.39, 0.29) is 0 Å². The molecule has 112 valence electrons. The number of carbonyl (C=O) groups is 2. The van der Waals surface area contributed by atoms with Crippen molar-refractivity contribution in [1.82, 2.24) is 0 Å². The van der Waals surface area contributed by atoms with Gasteiger partial charge < -0.3 is 9.47 Å². The van der Waals surface area contributed by atoms with Gasteiger partial charge in [0.1, 0.15) is 0 Å². The third-order valence-electron chi connectivity index (χ3n) is 3.96. The highest BCUT2D eigenvalue weighted by atomic mass is 16.7. The largest absolute Gasteiger partial charge is 0.418 e. The number of cyclic esters (lactones) is 2. The molecule has 0 saturated carbocycles. The van der Waals surface area contributed by atoms with E-state index in [9.17, 15) is 9.59 Å². The average Bonchev–Trinajstić information content (AvgIpc) is 2.47. The van der Waals surface area contributed by atoms with Crippen molar-refractivity contribution in [1.29, 1.82) is 0 Å². The van der Waals surface area contributed by atoms with E-state index in [1.807, 2.05) is 30.3 Å². The van der Waals surface area contributed by atoms with Crippen LogP contribution in [0.5, 0.6) is 0 Å². The summed E-state index contributed by atoms with van der Waals surface area (Å²) in [5, 5.41) is 0. The van der Waals surface area contributed by atoms with Gasteiger partial charge in [0.25, 0.3) is 5.79 Å². The van der Waals surface area contributed by atoms with E-state index < -0.39 is 23.1 Å². The fraction of sp³-hybridized carbons (Fsp3) is 0.412. The van der Waals surface area contributed by atoms with Crippen LogP contribution in [0.2, 0.25) is 0 Å². The van der Waals surface area contributed by atoms with Gasteiger partial charge in [-0.3, -0.25) is 9.59 Å². The number of hydrogen-bond acceptors (Lipinski definition) is 4. The second-order valence-electron chi connectivity index (χ2n) is 5.33. The maximum Gasteiger partial charge on any atom is 0.326 e. The molecule has 0 radical (unpaired) electrons. The van der Waals surface area contributed by atoms with Gasteiger partial charge in [-0.1, -0.05) is 50.3 Å². The summed E-state index contributed by atoms with van der Waals surface area (Å²) in [7, 11) is 0. The normalized spacial score (nSPS) is 20.1. The molecule has 0 spiro atoms. The quantitative estimate of drug-likeness (QED) is 0.630. The number of benzene rings is 1. The predicted molar refractivity (Wildman–Crippen MR) is 79.1 cm³/mol. The summed E-state index contributed by atoms with van der Waals surface area (Å²) in [4.78, 5) is 24.5. The Labute approximate surface area is 124 Å². The third kappa shape index (κ3) is 2.84. The summed E-state index contributed by atoms with van der Waals surface area (Å²) in [6.45, 7) is 5.14. The monoisotopic (exact) mass is 288 g/mol. The summed E-state index contributed by atoms with van der Waals surface area (Å²) >= 11 is 0. The van der Waals surface area contributed by atoms with Crippen LogP contribution in [0.4, 0.5) is 0 Å². The van der Waals surface area contributed by atoms with E-state index in [0.717, 1.165) is 5.56 Å². The number of rotatable bonds is 4. The van der Waals surface area contributed by atoms with Crippen LogP contribution in [0.15, 0.2) is 36.4 Å². The van der Waals surface area contributed by atoms with Gasteiger partial charge >= 0.3 is 11.9 Å². The highest BCUT2D eigenvalue weighted by molar-refractivity contribution is 6.01. The Kier molecular flexibility index (Phi) is 4.16. The molecule has 0 bridgehead atoms. The Morgan fingerprint density at radius 1 is 1.00 bits per heavy atom. The SMILES string of the molecule is CCC1(CC)C(=O)OC(C)(C=Cc2ccccc2)OC1=O. The molecule has 1 aromatic carbocycles. The molecule has 1 fully saturated rings. The van der Waals surface area contributed by atoms with Crippen molar-refractivity contribution in [3.05, 3.63) is 42.0 Å². The number of carbonyl (C=O) groups excluding carboxylic acids is 2. The topological polar surface area (TPSA) is 52.6 Å². The first-order chi connectivity index (χ1) is 9.96. The van der Waals surface area contributed by atoms with E-state index >= 15 is 0 Å². The molecule has 0 aromatic heterocycles. The first kappa shape index (κ1) is 15.3. The Balaban J connectivity index is 2.21. The van der Waals surface area contributed by atoms with Crippen molar-refractivity contribution in [3.8, 4) is 0 Å². The van der Waals surface area contributed by atoms with E-state index in [4.69, 9.17) is 9.47 Å². The maximum atomic E-state index is 12.3. The molecule has 4 heteroatoms. The molecule has 1 aromatic rings. The van der Waals surface area contributed by atoms with Crippen LogP contribution >= 0.6 is 0 Å². The lowest BCUT2D eigenvalue weighted by atomic mass is 9.81. The Bertz CT molecular complexity index is 535. The van der Waals surface area contributed by atoms with Crippen LogP contribution in [0.25, 0.3) is 6.08 Å². The standard InChI is InChI=1S/C17H20O4/c1-4-17(5-2)14(18)20-16(3,21-15(17)19)12-11-13-9-7-6-8-10-13/h6-12H,4-5H2,1-3H3. The zero-order valence-electron chi connectivity index (χ0n) is 12.6. The zero-order chi connectivity index (χ0) is 15.5. The lowest BCUT2D eigenvalue weighted by Gasteiger charge is -2.39. The molecule has 1 aliphatic rings. The van der Waals surface area contributed by atoms with Gasteiger partial charge in [-0.25, -0.2) is 0 Å². The Hall–Kier alpha value is -2.10. The van der Waals surface area contributed by atoms with Crippen LogP contribution in [0.1, 0.15) is 39.2 Å². The van der Waals surface area contributed by atoms with Gasteiger partial charge in [-0.2, -0.15) is 0 Å². The van der Waals surface area contributed by atoms with Crippen LogP contribution < -0.4 is 0 Å².